The van der Waals surface area contributed by atoms with E-state index in [4.69, 9.17) is 5.73 Å². The van der Waals surface area contributed by atoms with E-state index in [0.29, 0.717) is 22.3 Å². The molecule has 4 heterocycles. The minimum Gasteiger partial charge on any atom is -0.384 e. The number of nitrogens with zero attached hydrogens (tertiary/aromatic N) is 6. The number of rotatable bonds is 8. The third-order valence-corrected chi connectivity index (χ3v) is 9.51. The second kappa shape index (κ2) is 15.5. The van der Waals surface area contributed by atoms with Gasteiger partial charge in [0, 0.05) is 107 Å². The summed E-state index contributed by atoms with van der Waals surface area (Å²) >= 11 is 3.44. The molecule has 0 spiro atoms. The molecule has 2 aromatic heterocycles. The lowest BCUT2D eigenvalue weighted by Gasteiger charge is -2.24. The van der Waals surface area contributed by atoms with E-state index in [1.165, 1.54) is 19.0 Å². The van der Waals surface area contributed by atoms with Crippen molar-refractivity contribution in [1.82, 2.24) is 28.9 Å². The molecule has 0 atom stereocenters. The van der Waals surface area contributed by atoms with Crippen LogP contribution in [-0.2, 0) is 13.1 Å². The topological polar surface area (TPSA) is 148 Å². The first kappa shape index (κ1) is 35.2. The van der Waals surface area contributed by atoms with E-state index in [0.717, 1.165) is 75.6 Å². The van der Waals surface area contributed by atoms with Gasteiger partial charge in [-0.3, -0.25) is 29.0 Å². The largest absolute Gasteiger partial charge is 0.384 e. The van der Waals surface area contributed by atoms with Gasteiger partial charge in [0.1, 0.15) is 0 Å². The average Bonchev–Trinajstić information content (AvgIpc) is 3.88. The molecule has 0 saturated heterocycles. The highest BCUT2D eigenvalue weighted by Crippen LogP contribution is 2.35. The van der Waals surface area contributed by atoms with Crippen molar-refractivity contribution in [2.75, 3.05) is 32.5 Å². The van der Waals surface area contributed by atoms with Crippen molar-refractivity contribution in [2.24, 2.45) is 5.73 Å². The van der Waals surface area contributed by atoms with Gasteiger partial charge in [-0.2, -0.15) is 0 Å². The quantitative estimate of drug-likeness (QED) is 0.146. The number of hydrogen-bond donors (Lipinski definition) is 2. The fourth-order valence-corrected chi connectivity index (χ4v) is 6.61. The first-order valence-corrected chi connectivity index (χ1v) is 17.3. The first-order chi connectivity index (χ1) is 24.7. The summed E-state index contributed by atoms with van der Waals surface area (Å²) in [6, 6.07) is 18.4. The molecule has 8 rings (SSSR count). The van der Waals surface area contributed by atoms with Crippen LogP contribution in [0, 0.1) is 0 Å². The van der Waals surface area contributed by atoms with Crippen LogP contribution in [0.15, 0.2) is 103 Å². The molecular weight excluding hydrogens is 712 g/mol. The van der Waals surface area contributed by atoms with E-state index < -0.39 is 0 Å². The van der Waals surface area contributed by atoms with Crippen molar-refractivity contribution in [3.63, 3.8) is 0 Å². The lowest BCUT2D eigenvalue weighted by molar-refractivity contribution is 0.0635. The van der Waals surface area contributed by atoms with Crippen molar-refractivity contribution in [1.29, 1.82) is 0 Å². The highest BCUT2D eigenvalue weighted by Gasteiger charge is 2.31. The first-order valence-electron chi connectivity index (χ1n) is 16.5. The summed E-state index contributed by atoms with van der Waals surface area (Å²) in [6.07, 6.45) is 13.0. The number of nitrogens with two attached hydrogens (primary N) is 1. The van der Waals surface area contributed by atoms with E-state index in [-0.39, 0.29) is 23.6 Å². The third-order valence-electron chi connectivity index (χ3n) is 8.82. The molecule has 0 radical (unpaired) electrons. The van der Waals surface area contributed by atoms with Gasteiger partial charge in [0.25, 0.3) is 23.6 Å². The zero-order chi connectivity index (χ0) is 36.1. The summed E-state index contributed by atoms with van der Waals surface area (Å²) in [7, 11) is 3.03. The summed E-state index contributed by atoms with van der Waals surface area (Å²) in [5.74, 6) is -0.988. The van der Waals surface area contributed by atoms with E-state index >= 15 is 0 Å². The molecule has 0 aliphatic carbocycles. The van der Waals surface area contributed by atoms with Crippen LogP contribution in [0.2, 0.25) is 0 Å². The molecule has 2 aliphatic heterocycles. The van der Waals surface area contributed by atoms with Gasteiger partial charge in [-0.1, -0.05) is 40.2 Å². The van der Waals surface area contributed by atoms with Crippen LogP contribution in [-0.4, -0.2) is 79.7 Å². The van der Waals surface area contributed by atoms with Gasteiger partial charge in [-0.25, -0.2) is 9.97 Å². The molecule has 4 amide bonds. The second-order valence-electron chi connectivity index (χ2n) is 12.1. The predicted molar refractivity (Wildman–Crippen MR) is 200 cm³/mol. The maximum Gasteiger partial charge on any atom is 0.261 e. The number of aromatic nitrogens is 4. The van der Waals surface area contributed by atoms with Gasteiger partial charge in [-0.15, -0.1) is 0 Å². The van der Waals surface area contributed by atoms with Gasteiger partial charge in [0.2, 0.25) is 0 Å². The van der Waals surface area contributed by atoms with Crippen molar-refractivity contribution < 1.29 is 19.2 Å². The van der Waals surface area contributed by atoms with Crippen LogP contribution in [0.4, 0.5) is 5.69 Å². The highest BCUT2D eigenvalue weighted by molar-refractivity contribution is 9.10. The smallest absolute Gasteiger partial charge is 0.261 e. The number of hydrogen-bond acceptors (Lipinski definition) is 8. The molecule has 0 saturated carbocycles. The van der Waals surface area contributed by atoms with Crippen LogP contribution in [0.3, 0.4) is 0 Å². The molecule has 12 nitrogen and oxygen atoms in total. The standard InChI is InChI=1S/C19H18N4O2.C13H8BrNO2.C6H11N3/c1-22-18(24)14-5-2-4-13-16(7-6-15(17(13)14)19(22)25)21-8-3-10-23-11-9-20-12-23;1-15-12(16)8-4-2-3-7-10(14)6-5-9(11(7)8)13(15)17;7-2-1-4-9-5-3-8-6-9/h2,4-7,9,11-12,21H,3,8,10H2,1H3;2-6H,1H3;3,5-6H,1-2,4,7H2. The van der Waals surface area contributed by atoms with E-state index in [1.54, 1.807) is 49.3 Å². The van der Waals surface area contributed by atoms with Crippen molar-refractivity contribution in [2.45, 2.75) is 25.9 Å². The summed E-state index contributed by atoms with van der Waals surface area (Å²) in [5, 5.41) is 6.72. The van der Waals surface area contributed by atoms with Gasteiger partial charge in [-0.05, 0) is 61.2 Å². The number of benzene rings is 4. The Bertz CT molecular complexity index is 2190. The van der Waals surface area contributed by atoms with Crippen LogP contribution in [0.1, 0.15) is 54.3 Å². The minimum absolute atomic E-state index is 0.244. The Morgan fingerprint density at radius 1 is 0.647 bits per heavy atom. The Morgan fingerprint density at radius 3 is 1.67 bits per heavy atom. The predicted octanol–water partition coefficient (Wildman–Crippen LogP) is 5.82. The number of nitrogens with one attached hydrogen (secondary N) is 1. The van der Waals surface area contributed by atoms with E-state index in [9.17, 15) is 19.2 Å². The van der Waals surface area contributed by atoms with Gasteiger partial charge in [0.15, 0.2) is 0 Å². The maximum atomic E-state index is 12.4. The zero-order valence-electron chi connectivity index (χ0n) is 28.3. The third kappa shape index (κ3) is 7.16. The van der Waals surface area contributed by atoms with E-state index in [1.807, 2.05) is 57.9 Å². The molecule has 6 aromatic rings. The Labute approximate surface area is 303 Å². The monoisotopic (exact) mass is 748 g/mol. The molecule has 0 unspecified atom stereocenters. The number of imidazole rings is 2. The number of amides is 4. The van der Waals surface area contributed by atoms with Crippen LogP contribution >= 0.6 is 15.9 Å². The summed E-state index contributed by atoms with van der Waals surface area (Å²) in [6.45, 7) is 3.41. The Balaban J connectivity index is 0.000000148. The van der Waals surface area contributed by atoms with Gasteiger partial charge in [0.05, 0.1) is 12.7 Å². The lowest BCUT2D eigenvalue weighted by atomic mass is 9.93. The van der Waals surface area contributed by atoms with Crippen LogP contribution in [0.25, 0.3) is 21.5 Å². The minimum atomic E-state index is -0.250. The summed E-state index contributed by atoms with van der Waals surface area (Å²) in [4.78, 5) is 59.1. The number of anilines is 1. The fourth-order valence-electron chi connectivity index (χ4n) is 6.15. The average molecular weight is 750 g/mol. The zero-order valence-corrected chi connectivity index (χ0v) is 29.8. The number of imide groups is 2. The van der Waals surface area contributed by atoms with Crippen molar-refractivity contribution in [3.8, 4) is 0 Å². The molecule has 13 heteroatoms. The van der Waals surface area contributed by atoms with Crippen molar-refractivity contribution in [3.05, 3.63) is 125 Å². The molecular formula is C38H37BrN8O4. The molecule has 4 aromatic carbocycles. The Hall–Kier alpha value is -5.66. The Kier molecular flexibility index (Phi) is 10.7. The number of aryl methyl sites for hydroxylation is 2. The van der Waals surface area contributed by atoms with Crippen LogP contribution in [0.5, 0.6) is 0 Å². The summed E-state index contributed by atoms with van der Waals surface area (Å²) in [5.41, 5.74) is 8.58. The van der Waals surface area contributed by atoms with Crippen molar-refractivity contribution >= 4 is 66.8 Å². The molecule has 2 aliphatic rings. The number of carbonyl (C=O) groups excluding carboxylic acids is 4. The molecule has 3 N–H and O–H groups in total. The van der Waals surface area contributed by atoms with Crippen LogP contribution < -0.4 is 11.1 Å². The molecule has 0 bridgehead atoms. The fraction of sp³-hybridized carbons (Fsp3) is 0.211. The normalized spacial score (nSPS) is 13.3. The number of halogens is 1. The lowest BCUT2D eigenvalue weighted by Crippen LogP contribution is -2.36. The van der Waals surface area contributed by atoms with E-state index in [2.05, 4.69) is 31.2 Å². The molecule has 260 valence electrons. The Morgan fingerprint density at radius 2 is 1.14 bits per heavy atom. The SMILES string of the molecule is CN1C(=O)c2cccc3c(Br)ccc(c23)C1=O.CN1C(=O)c2cccc3c(NCCCn4ccnc4)ccc(c23)C1=O.NCCCn1ccnc1. The summed E-state index contributed by atoms with van der Waals surface area (Å²) < 4.78 is 4.95. The molecule has 51 heavy (non-hydrogen) atoms. The molecule has 0 fully saturated rings. The number of carbonyl (C=O) groups is 4. The second-order valence-corrected chi connectivity index (χ2v) is 12.9. The maximum absolute atomic E-state index is 12.4. The highest BCUT2D eigenvalue weighted by atomic mass is 79.9. The van der Waals surface area contributed by atoms with Gasteiger partial charge < -0.3 is 20.2 Å². The van der Waals surface area contributed by atoms with Gasteiger partial charge >= 0.3 is 0 Å².